The summed E-state index contributed by atoms with van der Waals surface area (Å²) in [6.07, 6.45) is -4.49. The van der Waals surface area contributed by atoms with E-state index in [0.717, 1.165) is 18.2 Å². The maximum atomic E-state index is 13.1. The lowest BCUT2D eigenvalue weighted by atomic mass is 10.1. The summed E-state index contributed by atoms with van der Waals surface area (Å²) in [6.45, 7) is 0. The maximum absolute atomic E-state index is 13.1. The standard InChI is InChI=1S/C14H8BrF4NO/c15-11-6-8(4-5-12(11)16)13(21)20-10-3-1-2-9(7-10)14(17,18)19/h1-7H,(H,20,21). The molecule has 0 spiro atoms. The van der Waals surface area contributed by atoms with Gasteiger partial charge in [-0.1, -0.05) is 6.07 Å². The zero-order valence-corrected chi connectivity index (χ0v) is 11.9. The second-order valence-electron chi connectivity index (χ2n) is 4.16. The molecule has 2 aromatic carbocycles. The molecule has 0 atom stereocenters. The Morgan fingerprint density at radius 3 is 2.43 bits per heavy atom. The third kappa shape index (κ3) is 3.81. The Morgan fingerprint density at radius 2 is 1.81 bits per heavy atom. The molecule has 7 heteroatoms. The van der Waals surface area contributed by atoms with Crippen LogP contribution >= 0.6 is 15.9 Å². The van der Waals surface area contributed by atoms with E-state index in [2.05, 4.69) is 21.2 Å². The van der Waals surface area contributed by atoms with Crippen molar-refractivity contribution >= 4 is 27.5 Å². The van der Waals surface area contributed by atoms with E-state index in [1.807, 2.05) is 0 Å². The summed E-state index contributed by atoms with van der Waals surface area (Å²) in [5.41, 5.74) is -0.725. The van der Waals surface area contributed by atoms with Gasteiger partial charge in [0.05, 0.1) is 10.0 Å². The number of amides is 1. The molecule has 110 valence electrons. The van der Waals surface area contributed by atoms with Crippen LogP contribution in [0.2, 0.25) is 0 Å². The fourth-order valence-corrected chi connectivity index (χ4v) is 1.99. The van der Waals surface area contributed by atoms with E-state index in [1.54, 1.807) is 0 Å². The second-order valence-corrected chi connectivity index (χ2v) is 5.02. The zero-order valence-electron chi connectivity index (χ0n) is 10.3. The molecule has 2 aromatic rings. The summed E-state index contributed by atoms with van der Waals surface area (Å²) in [7, 11) is 0. The summed E-state index contributed by atoms with van der Waals surface area (Å²) in [4.78, 5) is 11.9. The Balaban J connectivity index is 2.21. The van der Waals surface area contributed by atoms with Gasteiger partial charge in [0.2, 0.25) is 0 Å². The van der Waals surface area contributed by atoms with Gasteiger partial charge in [0.15, 0.2) is 0 Å². The van der Waals surface area contributed by atoms with Gasteiger partial charge in [-0.2, -0.15) is 13.2 Å². The lowest BCUT2D eigenvalue weighted by molar-refractivity contribution is -0.137. The van der Waals surface area contributed by atoms with Gasteiger partial charge >= 0.3 is 6.18 Å². The minimum Gasteiger partial charge on any atom is -0.322 e. The number of alkyl halides is 3. The molecule has 0 fully saturated rings. The van der Waals surface area contributed by atoms with Gasteiger partial charge in [0.25, 0.3) is 5.91 Å². The molecular formula is C14H8BrF4NO. The molecule has 0 aliphatic heterocycles. The van der Waals surface area contributed by atoms with Crippen LogP contribution in [0.3, 0.4) is 0 Å². The van der Waals surface area contributed by atoms with E-state index in [4.69, 9.17) is 0 Å². The third-order valence-electron chi connectivity index (χ3n) is 2.63. The van der Waals surface area contributed by atoms with Gasteiger partial charge in [-0.05, 0) is 52.3 Å². The summed E-state index contributed by atoms with van der Waals surface area (Å²) in [6, 6.07) is 7.85. The van der Waals surface area contributed by atoms with Crippen LogP contribution in [0.5, 0.6) is 0 Å². The SMILES string of the molecule is O=C(Nc1cccc(C(F)(F)F)c1)c1ccc(F)c(Br)c1. The molecule has 0 saturated heterocycles. The number of nitrogens with one attached hydrogen (secondary N) is 1. The van der Waals surface area contributed by atoms with Crippen molar-refractivity contribution in [2.45, 2.75) is 6.18 Å². The van der Waals surface area contributed by atoms with Gasteiger partial charge in [-0.25, -0.2) is 4.39 Å². The maximum Gasteiger partial charge on any atom is 0.416 e. The van der Waals surface area contributed by atoms with E-state index >= 15 is 0 Å². The molecule has 2 rings (SSSR count). The Bertz CT molecular complexity index is 685. The number of anilines is 1. The topological polar surface area (TPSA) is 29.1 Å². The Hall–Kier alpha value is -1.89. The minimum atomic E-state index is -4.49. The number of benzene rings is 2. The van der Waals surface area contributed by atoms with Crippen molar-refractivity contribution in [2.24, 2.45) is 0 Å². The quantitative estimate of drug-likeness (QED) is 0.760. The summed E-state index contributed by atoms with van der Waals surface area (Å²) in [5.74, 6) is -1.17. The molecule has 2 nitrogen and oxygen atoms in total. The third-order valence-corrected chi connectivity index (χ3v) is 3.24. The molecule has 0 radical (unpaired) electrons. The molecule has 0 aliphatic rings. The van der Waals surface area contributed by atoms with Gasteiger partial charge < -0.3 is 5.32 Å². The molecule has 1 amide bonds. The number of halogens is 5. The van der Waals surface area contributed by atoms with Gasteiger partial charge in [-0.15, -0.1) is 0 Å². The van der Waals surface area contributed by atoms with Crippen LogP contribution in [0.15, 0.2) is 46.9 Å². The van der Waals surface area contributed by atoms with Crippen LogP contribution in [0, 0.1) is 5.82 Å². The highest BCUT2D eigenvalue weighted by molar-refractivity contribution is 9.10. The van der Waals surface area contributed by atoms with Crippen molar-refractivity contribution < 1.29 is 22.4 Å². The van der Waals surface area contributed by atoms with Crippen LogP contribution in [0.25, 0.3) is 0 Å². The van der Waals surface area contributed by atoms with E-state index in [9.17, 15) is 22.4 Å². The number of hydrogen-bond donors (Lipinski definition) is 1. The van der Waals surface area contributed by atoms with Crippen molar-refractivity contribution in [3.05, 3.63) is 63.9 Å². The van der Waals surface area contributed by atoms with E-state index in [0.29, 0.717) is 0 Å². The van der Waals surface area contributed by atoms with Crippen LogP contribution in [0.4, 0.5) is 23.2 Å². The molecule has 0 unspecified atom stereocenters. The lowest BCUT2D eigenvalue weighted by Crippen LogP contribution is -2.13. The summed E-state index contributed by atoms with van der Waals surface area (Å²) >= 11 is 2.93. The van der Waals surface area contributed by atoms with Crippen molar-refractivity contribution in [2.75, 3.05) is 5.32 Å². The number of rotatable bonds is 2. The smallest absolute Gasteiger partial charge is 0.322 e. The minimum absolute atomic E-state index is 0.00951. The first-order valence-corrected chi connectivity index (χ1v) is 6.50. The molecule has 0 heterocycles. The molecule has 0 saturated carbocycles. The highest BCUT2D eigenvalue weighted by Crippen LogP contribution is 2.30. The molecule has 0 bridgehead atoms. The lowest BCUT2D eigenvalue weighted by Gasteiger charge is -2.10. The zero-order chi connectivity index (χ0) is 15.6. The number of hydrogen-bond acceptors (Lipinski definition) is 1. The monoisotopic (exact) mass is 361 g/mol. The highest BCUT2D eigenvalue weighted by Gasteiger charge is 2.30. The molecular weight excluding hydrogens is 354 g/mol. The fourth-order valence-electron chi connectivity index (χ4n) is 1.61. The van der Waals surface area contributed by atoms with Gasteiger partial charge in [-0.3, -0.25) is 4.79 Å². The van der Waals surface area contributed by atoms with E-state index < -0.39 is 23.5 Å². The van der Waals surface area contributed by atoms with Crippen molar-refractivity contribution in [3.63, 3.8) is 0 Å². The van der Waals surface area contributed by atoms with E-state index in [-0.39, 0.29) is 15.7 Å². The largest absolute Gasteiger partial charge is 0.416 e. The normalized spacial score (nSPS) is 11.3. The first-order chi connectivity index (χ1) is 9.77. The predicted octanol–water partition coefficient (Wildman–Crippen LogP) is 4.86. The molecule has 21 heavy (non-hydrogen) atoms. The van der Waals surface area contributed by atoms with Gasteiger partial charge in [0.1, 0.15) is 5.82 Å². The van der Waals surface area contributed by atoms with Crippen LogP contribution < -0.4 is 5.32 Å². The van der Waals surface area contributed by atoms with Crippen LogP contribution in [-0.2, 0) is 6.18 Å². The Labute approximate surface area is 125 Å². The summed E-state index contributed by atoms with van der Waals surface area (Å²) < 4.78 is 50.9. The molecule has 0 aromatic heterocycles. The molecule has 0 aliphatic carbocycles. The number of carbonyl (C=O) groups is 1. The van der Waals surface area contributed by atoms with Crippen molar-refractivity contribution in [1.82, 2.24) is 0 Å². The summed E-state index contributed by atoms with van der Waals surface area (Å²) in [5, 5.41) is 2.34. The van der Waals surface area contributed by atoms with Gasteiger partial charge in [0, 0.05) is 11.3 Å². The number of carbonyl (C=O) groups excluding carboxylic acids is 1. The van der Waals surface area contributed by atoms with Crippen molar-refractivity contribution in [1.29, 1.82) is 0 Å². The first kappa shape index (κ1) is 15.5. The average Bonchev–Trinajstić information content (AvgIpc) is 2.41. The van der Waals surface area contributed by atoms with Crippen LogP contribution in [0.1, 0.15) is 15.9 Å². The van der Waals surface area contributed by atoms with E-state index in [1.165, 1.54) is 24.3 Å². The second kappa shape index (κ2) is 5.85. The van der Waals surface area contributed by atoms with Crippen LogP contribution in [-0.4, -0.2) is 5.91 Å². The molecule has 1 N–H and O–H groups in total. The average molecular weight is 362 g/mol. The Morgan fingerprint density at radius 1 is 1.10 bits per heavy atom. The fraction of sp³-hybridized carbons (Fsp3) is 0.0714. The Kier molecular flexibility index (Phi) is 4.32. The predicted molar refractivity (Wildman–Crippen MR) is 73.5 cm³/mol. The first-order valence-electron chi connectivity index (χ1n) is 5.71. The highest BCUT2D eigenvalue weighted by atomic mass is 79.9. The van der Waals surface area contributed by atoms with Crippen molar-refractivity contribution in [3.8, 4) is 0 Å².